The number of thiophene rings is 1. The molecule has 3 N–H and O–H groups in total. The van der Waals surface area contributed by atoms with Gasteiger partial charge < -0.3 is 0 Å². The maximum absolute atomic E-state index is 5.75. The van der Waals surface area contributed by atoms with Gasteiger partial charge in [-0.2, -0.15) is 0 Å². The second kappa shape index (κ2) is 5.30. The SMILES string of the molecule is Cc1ccc(C(NN)C2CCCC(C)C2)s1. The Balaban J connectivity index is 2.09. The van der Waals surface area contributed by atoms with E-state index in [1.54, 1.807) is 0 Å². The highest BCUT2D eigenvalue weighted by Gasteiger charge is 2.27. The molecule has 0 aliphatic heterocycles. The molecule has 2 nitrogen and oxygen atoms in total. The first-order chi connectivity index (χ1) is 7.70. The molecule has 0 bridgehead atoms. The number of nitrogens with one attached hydrogen (secondary N) is 1. The molecule has 16 heavy (non-hydrogen) atoms. The van der Waals surface area contributed by atoms with E-state index in [1.807, 2.05) is 11.3 Å². The molecule has 1 aliphatic carbocycles. The van der Waals surface area contributed by atoms with Gasteiger partial charge in [-0.05, 0) is 43.7 Å². The third-order valence-electron chi connectivity index (χ3n) is 3.70. The monoisotopic (exact) mass is 238 g/mol. The standard InChI is InChI=1S/C13H22N2S/c1-9-4-3-5-11(8-9)13(15-14)12-7-6-10(2)16-12/h6-7,9,11,13,15H,3-5,8,14H2,1-2H3. The van der Waals surface area contributed by atoms with Crippen molar-refractivity contribution in [3.63, 3.8) is 0 Å². The van der Waals surface area contributed by atoms with Gasteiger partial charge in [0.2, 0.25) is 0 Å². The van der Waals surface area contributed by atoms with Crippen molar-refractivity contribution >= 4 is 11.3 Å². The number of hydrogen-bond acceptors (Lipinski definition) is 3. The number of rotatable bonds is 3. The predicted octanol–water partition coefficient (Wildman–Crippen LogP) is 3.39. The summed E-state index contributed by atoms with van der Waals surface area (Å²) in [5, 5.41) is 0. The summed E-state index contributed by atoms with van der Waals surface area (Å²) in [5.74, 6) is 7.32. The third kappa shape index (κ3) is 2.65. The minimum atomic E-state index is 0.362. The Morgan fingerprint density at radius 2 is 2.25 bits per heavy atom. The molecule has 0 aromatic carbocycles. The minimum absolute atomic E-state index is 0.362. The van der Waals surface area contributed by atoms with Crippen molar-refractivity contribution in [2.24, 2.45) is 17.7 Å². The first-order valence-electron chi connectivity index (χ1n) is 6.23. The smallest absolute Gasteiger partial charge is 0.0581 e. The van der Waals surface area contributed by atoms with Gasteiger partial charge in [-0.3, -0.25) is 11.3 Å². The first kappa shape index (κ1) is 12.1. The van der Waals surface area contributed by atoms with Gasteiger partial charge in [-0.25, -0.2) is 0 Å². The van der Waals surface area contributed by atoms with E-state index in [9.17, 15) is 0 Å². The van der Waals surface area contributed by atoms with Crippen LogP contribution < -0.4 is 11.3 Å². The van der Waals surface area contributed by atoms with E-state index >= 15 is 0 Å². The van der Waals surface area contributed by atoms with Gasteiger partial charge in [0, 0.05) is 9.75 Å². The van der Waals surface area contributed by atoms with E-state index < -0.39 is 0 Å². The van der Waals surface area contributed by atoms with Crippen LogP contribution in [0.2, 0.25) is 0 Å². The lowest BCUT2D eigenvalue weighted by Gasteiger charge is -2.32. The molecular formula is C13H22N2S. The van der Waals surface area contributed by atoms with Crippen LogP contribution in [0, 0.1) is 18.8 Å². The summed E-state index contributed by atoms with van der Waals surface area (Å²) in [6.45, 7) is 4.52. The van der Waals surface area contributed by atoms with Crippen molar-refractivity contribution in [3.8, 4) is 0 Å². The number of hydrazine groups is 1. The van der Waals surface area contributed by atoms with E-state index in [4.69, 9.17) is 5.84 Å². The zero-order valence-corrected chi connectivity index (χ0v) is 11.0. The average molecular weight is 238 g/mol. The molecule has 1 saturated carbocycles. The molecule has 90 valence electrons. The van der Waals surface area contributed by atoms with Crippen molar-refractivity contribution in [1.29, 1.82) is 0 Å². The lowest BCUT2D eigenvalue weighted by atomic mass is 9.78. The largest absolute Gasteiger partial charge is 0.271 e. The van der Waals surface area contributed by atoms with Crippen LogP contribution in [0.3, 0.4) is 0 Å². The van der Waals surface area contributed by atoms with Crippen molar-refractivity contribution in [2.45, 2.75) is 45.6 Å². The molecule has 1 aromatic heterocycles. The van der Waals surface area contributed by atoms with E-state index in [-0.39, 0.29) is 0 Å². The van der Waals surface area contributed by atoms with E-state index in [0.29, 0.717) is 12.0 Å². The summed E-state index contributed by atoms with van der Waals surface area (Å²) in [6, 6.07) is 4.78. The molecule has 1 aromatic rings. The van der Waals surface area contributed by atoms with Crippen LogP contribution in [-0.4, -0.2) is 0 Å². The Kier molecular flexibility index (Phi) is 4.00. The Morgan fingerprint density at radius 1 is 1.44 bits per heavy atom. The number of aryl methyl sites for hydroxylation is 1. The van der Waals surface area contributed by atoms with E-state index in [1.165, 1.54) is 35.4 Å². The quantitative estimate of drug-likeness (QED) is 0.626. The van der Waals surface area contributed by atoms with E-state index in [0.717, 1.165) is 5.92 Å². The van der Waals surface area contributed by atoms with Crippen LogP contribution in [0.25, 0.3) is 0 Å². The maximum Gasteiger partial charge on any atom is 0.0581 e. The van der Waals surface area contributed by atoms with Crippen LogP contribution in [0.4, 0.5) is 0 Å². The fourth-order valence-electron chi connectivity index (χ4n) is 2.85. The fraction of sp³-hybridized carbons (Fsp3) is 0.692. The molecule has 2 rings (SSSR count). The fourth-order valence-corrected chi connectivity index (χ4v) is 3.89. The zero-order valence-electron chi connectivity index (χ0n) is 10.2. The van der Waals surface area contributed by atoms with Gasteiger partial charge >= 0.3 is 0 Å². The molecule has 1 aliphatic rings. The summed E-state index contributed by atoms with van der Waals surface area (Å²) in [7, 11) is 0. The lowest BCUT2D eigenvalue weighted by molar-refractivity contribution is 0.226. The average Bonchev–Trinajstić information content (AvgIpc) is 2.66. The molecule has 3 heteroatoms. The lowest BCUT2D eigenvalue weighted by Crippen LogP contribution is -2.35. The molecule has 0 spiro atoms. The molecule has 3 atom stereocenters. The van der Waals surface area contributed by atoms with Crippen LogP contribution in [0.15, 0.2) is 12.1 Å². The zero-order chi connectivity index (χ0) is 11.5. The van der Waals surface area contributed by atoms with E-state index in [2.05, 4.69) is 31.4 Å². The van der Waals surface area contributed by atoms with Gasteiger partial charge in [0.25, 0.3) is 0 Å². The number of hydrogen-bond donors (Lipinski definition) is 2. The van der Waals surface area contributed by atoms with Crippen LogP contribution in [0.1, 0.15) is 48.4 Å². The third-order valence-corrected chi connectivity index (χ3v) is 4.78. The van der Waals surface area contributed by atoms with Gasteiger partial charge in [-0.15, -0.1) is 11.3 Å². The highest BCUT2D eigenvalue weighted by Crippen LogP contribution is 2.38. The molecule has 1 heterocycles. The van der Waals surface area contributed by atoms with Crippen molar-refractivity contribution in [1.82, 2.24) is 5.43 Å². The second-order valence-corrected chi connectivity index (χ2v) is 6.44. The van der Waals surface area contributed by atoms with Gasteiger partial charge in [-0.1, -0.05) is 19.8 Å². The molecular weight excluding hydrogens is 216 g/mol. The summed E-state index contributed by atoms with van der Waals surface area (Å²) >= 11 is 1.87. The molecule has 3 unspecified atom stereocenters. The van der Waals surface area contributed by atoms with Crippen molar-refractivity contribution < 1.29 is 0 Å². The van der Waals surface area contributed by atoms with Crippen molar-refractivity contribution in [3.05, 3.63) is 21.9 Å². The molecule has 0 amide bonds. The molecule has 0 radical (unpaired) electrons. The summed E-state index contributed by atoms with van der Waals surface area (Å²) < 4.78 is 0. The second-order valence-electron chi connectivity index (χ2n) is 5.12. The topological polar surface area (TPSA) is 38.0 Å². The minimum Gasteiger partial charge on any atom is -0.271 e. The van der Waals surface area contributed by atoms with Crippen LogP contribution in [-0.2, 0) is 0 Å². The first-order valence-corrected chi connectivity index (χ1v) is 7.05. The van der Waals surface area contributed by atoms with Gasteiger partial charge in [0.1, 0.15) is 0 Å². The Morgan fingerprint density at radius 3 is 2.81 bits per heavy atom. The normalized spacial score (nSPS) is 27.9. The highest BCUT2D eigenvalue weighted by molar-refractivity contribution is 7.12. The maximum atomic E-state index is 5.75. The Hall–Kier alpha value is -0.380. The summed E-state index contributed by atoms with van der Waals surface area (Å²) in [6.07, 6.45) is 5.37. The summed E-state index contributed by atoms with van der Waals surface area (Å²) in [4.78, 5) is 2.78. The molecule has 0 saturated heterocycles. The summed E-state index contributed by atoms with van der Waals surface area (Å²) in [5.41, 5.74) is 3.03. The Bertz CT molecular complexity index is 334. The highest BCUT2D eigenvalue weighted by atomic mass is 32.1. The van der Waals surface area contributed by atoms with Gasteiger partial charge in [0.05, 0.1) is 6.04 Å². The van der Waals surface area contributed by atoms with Gasteiger partial charge in [0.15, 0.2) is 0 Å². The van der Waals surface area contributed by atoms with Crippen LogP contribution >= 0.6 is 11.3 Å². The predicted molar refractivity (Wildman–Crippen MR) is 70.2 cm³/mol. The number of nitrogens with two attached hydrogens (primary N) is 1. The van der Waals surface area contributed by atoms with Crippen LogP contribution in [0.5, 0.6) is 0 Å². The Labute approximate surface area is 102 Å². The molecule has 1 fully saturated rings. The van der Waals surface area contributed by atoms with Crippen molar-refractivity contribution in [2.75, 3.05) is 0 Å².